The third kappa shape index (κ3) is 7.74. The topological polar surface area (TPSA) is 6.48 Å². The van der Waals surface area contributed by atoms with Gasteiger partial charge in [-0.2, -0.15) is 5.56 Å². The zero-order valence-corrected chi connectivity index (χ0v) is 29.7. The maximum atomic E-state index is 3.44. The van der Waals surface area contributed by atoms with Crippen molar-refractivity contribution in [2.24, 2.45) is 5.41 Å². The van der Waals surface area contributed by atoms with Crippen LogP contribution >= 0.6 is 0 Å². The summed E-state index contributed by atoms with van der Waals surface area (Å²) in [5.41, 5.74) is 11.3. The molecule has 5 rings (SSSR count). The van der Waals surface area contributed by atoms with Crippen LogP contribution in [-0.2, 0) is 20.4 Å². The van der Waals surface area contributed by atoms with Crippen molar-refractivity contribution < 1.29 is 20.4 Å². The van der Waals surface area contributed by atoms with Crippen LogP contribution in [0, 0.1) is 18.2 Å². The first-order chi connectivity index (χ1) is 19.8. The van der Waals surface area contributed by atoms with Gasteiger partial charge in [0.2, 0.25) is 0 Å². The molecule has 3 aromatic carbocycles. The fourth-order valence-corrected chi connectivity index (χ4v) is 6.12. The van der Waals surface area contributed by atoms with Crippen LogP contribution in [0.5, 0.6) is 0 Å². The number of rotatable bonds is 6. The fraction of sp³-hybridized carbons (Fsp3) is 0.425. The van der Waals surface area contributed by atoms with Gasteiger partial charge in [-0.3, -0.25) is 6.08 Å². The molecule has 1 unspecified atom stereocenters. The average molecular weight is 667 g/mol. The van der Waals surface area contributed by atoms with Gasteiger partial charge in [-0.05, 0) is 63.7 Å². The van der Waals surface area contributed by atoms with Gasteiger partial charge in [-0.1, -0.05) is 137 Å². The van der Waals surface area contributed by atoms with Crippen molar-refractivity contribution in [3.63, 3.8) is 0 Å². The number of fused-ring (bicyclic) bond motifs is 1. The molecule has 2 aliphatic rings. The monoisotopic (exact) mass is 666 g/mol. The zero-order valence-electron chi connectivity index (χ0n) is 28.2. The Balaban J connectivity index is 0.000000302. The molecule has 0 bridgehead atoms. The molecule has 0 fully saturated rings. The molecule has 0 aromatic heterocycles. The first-order valence-corrected chi connectivity index (χ1v) is 15.8. The molecule has 1 aliphatic heterocycles. The maximum absolute atomic E-state index is 3.44. The van der Waals surface area contributed by atoms with Crippen LogP contribution in [0.15, 0.2) is 73.1 Å². The number of para-hydroxylation sites is 2. The summed E-state index contributed by atoms with van der Waals surface area (Å²) >= 11 is 0. The average Bonchev–Trinajstić information content (AvgIpc) is 3.60. The summed E-state index contributed by atoms with van der Waals surface area (Å²) < 4.78 is 0. The molecule has 0 N–H and O–H groups in total. The van der Waals surface area contributed by atoms with Gasteiger partial charge < -0.3 is 9.80 Å². The zero-order chi connectivity index (χ0) is 30.8. The Bertz CT molecular complexity index is 1300. The first-order valence-electron chi connectivity index (χ1n) is 15.8. The van der Waals surface area contributed by atoms with Crippen molar-refractivity contribution in [3.05, 3.63) is 119 Å². The molecule has 0 radical (unpaired) electrons. The van der Waals surface area contributed by atoms with Gasteiger partial charge in [-0.25, -0.2) is 6.08 Å². The van der Waals surface area contributed by atoms with E-state index in [2.05, 4.69) is 178 Å². The molecular formula is C40H52N2Pd. The summed E-state index contributed by atoms with van der Waals surface area (Å²) in [6.07, 6.45) is 9.99. The molecule has 0 saturated carbocycles. The van der Waals surface area contributed by atoms with E-state index in [-0.39, 0.29) is 25.8 Å². The van der Waals surface area contributed by atoms with Gasteiger partial charge in [0.1, 0.15) is 0 Å². The van der Waals surface area contributed by atoms with E-state index in [1.54, 1.807) is 0 Å². The van der Waals surface area contributed by atoms with Gasteiger partial charge in [0.15, 0.2) is 0 Å². The summed E-state index contributed by atoms with van der Waals surface area (Å²) in [7, 11) is 0. The van der Waals surface area contributed by atoms with Gasteiger partial charge in [0.05, 0.1) is 0 Å². The van der Waals surface area contributed by atoms with Gasteiger partial charge in [0.25, 0.3) is 0 Å². The molecule has 1 atom stereocenters. The van der Waals surface area contributed by atoms with Crippen molar-refractivity contribution in [1.82, 2.24) is 0 Å². The largest absolute Gasteiger partial charge is 2.00 e. The van der Waals surface area contributed by atoms with Crippen molar-refractivity contribution in [2.45, 2.75) is 106 Å². The predicted octanol–water partition coefficient (Wildman–Crippen LogP) is 11.7. The van der Waals surface area contributed by atoms with Crippen molar-refractivity contribution in [1.29, 1.82) is 0 Å². The maximum Gasteiger partial charge on any atom is 2.00 e. The molecule has 3 aromatic rings. The van der Waals surface area contributed by atoms with E-state index < -0.39 is 0 Å². The number of hydrogen-bond acceptors (Lipinski definition) is 2. The molecule has 43 heavy (non-hydrogen) atoms. The van der Waals surface area contributed by atoms with E-state index >= 15 is 0 Å². The van der Waals surface area contributed by atoms with Crippen LogP contribution in [0.3, 0.4) is 0 Å². The number of benzene rings is 3. The molecule has 0 spiro atoms. The van der Waals surface area contributed by atoms with E-state index in [4.69, 9.17) is 0 Å². The van der Waals surface area contributed by atoms with Crippen LogP contribution in [0.4, 0.5) is 11.4 Å². The minimum atomic E-state index is 0. The van der Waals surface area contributed by atoms with Crippen molar-refractivity contribution in [3.8, 4) is 0 Å². The van der Waals surface area contributed by atoms with E-state index in [1.807, 2.05) is 0 Å². The third-order valence-corrected chi connectivity index (χ3v) is 8.42. The number of hydrogen-bond donors (Lipinski definition) is 0. The van der Waals surface area contributed by atoms with Gasteiger partial charge in [-0.15, -0.1) is 18.3 Å². The quantitative estimate of drug-likeness (QED) is 0.191. The first kappa shape index (κ1) is 34.9. The second kappa shape index (κ2) is 14.5. The summed E-state index contributed by atoms with van der Waals surface area (Å²) in [5, 5.41) is 0. The van der Waals surface area contributed by atoms with E-state index in [0.717, 1.165) is 0 Å². The van der Waals surface area contributed by atoms with E-state index in [9.17, 15) is 0 Å². The summed E-state index contributed by atoms with van der Waals surface area (Å²) in [4.78, 5) is 4.65. The van der Waals surface area contributed by atoms with Gasteiger partial charge in [0, 0.05) is 11.4 Å². The van der Waals surface area contributed by atoms with E-state index in [1.165, 1.54) is 44.8 Å². The van der Waals surface area contributed by atoms with Crippen LogP contribution < -0.4 is 9.80 Å². The molecule has 0 amide bonds. The van der Waals surface area contributed by atoms with Crippen molar-refractivity contribution in [2.75, 3.05) is 9.80 Å². The van der Waals surface area contributed by atoms with E-state index in [0.29, 0.717) is 29.6 Å². The summed E-state index contributed by atoms with van der Waals surface area (Å²) in [6, 6.07) is 22.1. The summed E-state index contributed by atoms with van der Waals surface area (Å²) in [5.74, 6) is 2.38. The predicted molar refractivity (Wildman–Crippen MR) is 184 cm³/mol. The Hall–Kier alpha value is -2.60. The fourth-order valence-electron chi connectivity index (χ4n) is 6.12. The molecule has 3 heteroatoms. The minimum absolute atomic E-state index is 0. The molecule has 1 aliphatic carbocycles. The Morgan fingerprint density at radius 3 is 1.37 bits per heavy atom. The van der Waals surface area contributed by atoms with Crippen LogP contribution in [0.2, 0.25) is 0 Å². The SMILES string of the molecule is CC(C)(C)C1[C-]=Cc2ccccc21.CC(C)c1cccc(C(C)C)c1N1C=CN(c2c(C(C)C)cccc2C(C)C)[CH-]1.[Pd+2]. The normalized spacial score (nSPS) is 15.8. The second-order valence-electron chi connectivity index (χ2n) is 14.2. The molecule has 0 saturated heterocycles. The molecule has 232 valence electrons. The molecule has 1 heterocycles. The molecule has 2 nitrogen and oxygen atoms in total. The number of allylic oxidation sites excluding steroid dienone is 1. The van der Waals surface area contributed by atoms with Crippen molar-refractivity contribution >= 4 is 17.5 Å². The third-order valence-electron chi connectivity index (χ3n) is 8.42. The number of anilines is 2. The smallest absolute Gasteiger partial charge is 0.479 e. The minimum Gasteiger partial charge on any atom is -0.479 e. The Morgan fingerprint density at radius 2 is 1.00 bits per heavy atom. The Morgan fingerprint density at radius 1 is 0.605 bits per heavy atom. The Labute approximate surface area is 276 Å². The Kier molecular flexibility index (Phi) is 11.7. The van der Waals surface area contributed by atoms with Crippen LogP contribution in [0.25, 0.3) is 6.08 Å². The summed E-state index contributed by atoms with van der Waals surface area (Å²) in [6.45, 7) is 27.3. The van der Waals surface area contributed by atoms with Gasteiger partial charge >= 0.3 is 20.4 Å². The van der Waals surface area contributed by atoms with Crippen LogP contribution in [0.1, 0.15) is 139 Å². The molecular weight excluding hydrogens is 615 g/mol. The van der Waals surface area contributed by atoms with Crippen LogP contribution in [-0.4, -0.2) is 0 Å². The second-order valence-corrected chi connectivity index (χ2v) is 14.2. The number of nitrogens with zero attached hydrogens (tertiary/aromatic N) is 2. The standard InChI is InChI=1S/C27H37N2.C13H15.Pd/c1-18(2)22-11-9-12-23(19(3)4)26(22)28-15-16-29(17-28)27-24(20(5)6)13-10-14-25(27)21(7)8;1-13(2,3)12-9-8-10-6-4-5-7-11(10)12;/h9-21H,1-8H3;4-8,12H,1-3H3;/q2*-1;+2.